The summed E-state index contributed by atoms with van der Waals surface area (Å²) in [5.41, 5.74) is 1.29. The van der Waals surface area contributed by atoms with Gasteiger partial charge in [0.1, 0.15) is 11.6 Å². The summed E-state index contributed by atoms with van der Waals surface area (Å²) in [5.74, 6) is -2.12. The molecule has 0 saturated heterocycles. The number of halogens is 2. The van der Waals surface area contributed by atoms with Crippen molar-refractivity contribution < 1.29 is 13.6 Å². The van der Waals surface area contributed by atoms with E-state index >= 15 is 0 Å². The molecule has 98 valence electrons. The fourth-order valence-corrected chi connectivity index (χ4v) is 1.93. The maximum atomic E-state index is 13.6. The van der Waals surface area contributed by atoms with Gasteiger partial charge in [-0.05, 0) is 30.3 Å². The number of aromatic nitrogens is 2. The van der Waals surface area contributed by atoms with Gasteiger partial charge in [0.15, 0.2) is 5.78 Å². The average Bonchev–Trinajstić information content (AvgIpc) is 2.46. The summed E-state index contributed by atoms with van der Waals surface area (Å²) in [6.07, 6.45) is 3.05. The van der Waals surface area contributed by atoms with Crippen LogP contribution in [0.5, 0.6) is 0 Å². The molecule has 5 heteroatoms. The van der Waals surface area contributed by atoms with Crippen molar-refractivity contribution >= 4 is 16.8 Å². The van der Waals surface area contributed by atoms with Crippen molar-refractivity contribution in [2.45, 2.75) is 0 Å². The fraction of sp³-hybridized carbons (Fsp3) is 0. The molecule has 3 aromatic rings. The summed E-state index contributed by atoms with van der Waals surface area (Å²) in [6, 6.07) is 7.59. The van der Waals surface area contributed by atoms with E-state index in [1.807, 2.05) is 0 Å². The van der Waals surface area contributed by atoms with Gasteiger partial charge in [0.2, 0.25) is 0 Å². The van der Waals surface area contributed by atoms with Crippen LogP contribution in [0, 0.1) is 11.6 Å². The number of carbonyl (C=O) groups excluding carboxylic acids is 1. The van der Waals surface area contributed by atoms with Crippen molar-refractivity contribution in [3.05, 3.63) is 71.6 Å². The monoisotopic (exact) mass is 270 g/mol. The number of rotatable bonds is 2. The highest BCUT2D eigenvalue weighted by atomic mass is 19.1. The minimum absolute atomic E-state index is 0.172. The smallest absolute Gasteiger partial charge is 0.196 e. The third-order valence-electron chi connectivity index (χ3n) is 2.91. The Labute approximate surface area is 112 Å². The number of carbonyl (C=O) groups is 1. The van der Waals surface area contributed by atoms with Crippen LogP contribution in [0.25, 0.3) is 11.0 Å². The Morgan fingerprint density at radius 1 is 0.900 bits per heavy atom. The van der Waals surface area contributed by atoms with Gasteiger partial charge in [-0.1, -0.05) is 0 Å². The summed E-state index contributed by atoms with van der Waals surface area (Å²) in [7, 11) is 0. The summed E-state index contributed by atoms with van der Waals surface area (Å²) >= 11 is 0. The lowest BCUT2D eigenvalue weighted by molar-refractivity contribution is 0.103. The van der Waals surface area contributed by atoms with Gasteiger partial charge in [0.25, 0.3) is 0 Å². The van der Waals surface area contributed by atoms with Gasteiger partial charge >= 0.3 is 0 Å². The van der Waals surface area contributed by atoms with E-state index in [0.717, 1.165) is 12.1 Å². The van der Waals surface area contributed by atoms with Crippen LogP contribution in [0.4, 0.5) is 8.78 Å². The molecular weight excluding hydrogens is 262 g/mol. The standard InChI is InChI=1S/C15H8F2N2O/c16-10-2-3-11(12(17)8-10)15(20)9-1-4-13-14(7-9)19-6-5-18-13/h1-8H. The highest BCUT2D eigenvalue weighted by molar-refractivity contribution is 6.10. The molecular formula is C15H8F2N2O. The molecule has 0 aliphatic carbocycles. The van der Waals surface area contributed by atoms with Crippen molar-refractivity contribution in [1.82, 2.24) is 9.97 Å². The minimum atomic E-state index is -0.880. The van der Waals surface area contributed by atoms with Crippen LogP contribution in [0.2, 0.25) is 0 Å². The molecule has 20 heavy (non-hydrogen) atoms. The van der Waals surface area contributed by atoms with Gasteiger partial charge in [0.05, 0.1) is 16.6 Å². The van der Waals surface area contributed by atoms with Crippen LogP contribution in [0.1, 0.15) is 15.9 Å². The van der Waals surface area contributed by atoms with E-state index in [0.29, 0.717) is 17.1 Å². The minimum Gasteiger partial charge on any atom is -0.288 e. The van der Waals surface area contributed by atoms with Gasteiger partial charge in [-0.15, -0.1) is 0 Å². The van der Waals surface area contributed by atoms with E-state index in [-0.39, 0.29) is 11.1 Å². The molecule has 0 fully saturated rings. The molecule has 0 aliphatic rings. The highest BCUT2D eigenvalue weighted by Gasteiger charge is 2.15. The zero-order valence-corrected chi connectivity index (χ0v) is 10.2. The van der Waals surface area contributed by atoms with Crippen molar-refractivity contribution in [3.63, 3.8) is 0 Å². The molecule has 0 bridgehead atoms. The third kappa shape index (κ3) is 2.14. The number of benzene rings is 2. The van der Waals surface area contributed by atoms with Crippen LogP contribution < -0.4 is 0 Å². The van der Waals surface area contributed by atoms with Crippen LogP contribution in [0.15, 0.2) is 48.8 Å². The molecule has 0 aliphatic heterocycles. The van der Waals surface area contributed by atoms with Crippen molar-refractivity contribution in [2.75, 3.05) is 0 Å². The Morgan fingerprint density at radius 2 is 1.65 bits per heavy atom. The first kappa shape index (κ1) is 12.3. The molecule has 0 spiro atoms. The molecule has 0 radical (unpaired) electrons. The quantitative estimate of drug-likeness (QED) is 0.672. The van der Waals surface area contributed by atoms with E-state index in [1.54, 1.807) is 18.3 Å². The first-order chi connectivity index (χ1) is 9.65. The Bertz CT molecular complexity index is 818. The lowest BCUT2D eigenvalue weighted by Crippen LogP contribution is -2.05. The Hall–Kier alpha value is -2.69. The molecule has 3 rings (SSSR count). The van der Waals surface area contributed by atoms with Crippen molar-refractivity contribution in [3.8, 4) is 0 Å². The first-order valence-electron chi connectivity index (χ1n) is 5.86. The second kappa shape index (κ2) is 4.77. The van der Waals surface area contributed by atoms with Crippen LogP contribution in [-0.4, -0.2) is 15.8 Å². The zero-order chi connectivity index (χ0) is 14.1. The van der Waals surface area contributed by atoms with Crippen molar-refractivity contribution in [1.29, 1.82) is 0 Å². The second-order valence-electron chi connectivity index (χ2n) is 4.21. The van der Waals surface area contributed by atoms with Gasteiger partial charge in [-0.3, -0.25) is 14.8 Å². The Morgan fingerprint density at radius 3 is 2.40 bits per heavy atom. The molecule has 0 atom stereocenters. The number of hydrogen-bond donors (Lipinski definition) is 0. The molecule has 0 saturated carbocycles. The zero-order valence-electron chi connectivity index (χ0n) is 10.2. The van der Waals surface area contributed by atoms with E-state index in [4.69, 9.17) is 0 Å². The normalized spacial score (nSPS) is 10.7. The van der Waals surface area contributed by atoms with Gasteiger partial charge in [-0.25, -0.2) is 8.78 Å². The second-order valence-corrected chi connectivity index (χ2v) is 4.21. The topological polar surface area (TPSA) is 42.9 Å². The van der Waals surface area contributed by atoms with E-state index in [1.165, 1.54) is 12.3 Å². The van der Waals surface area contributed by atoms with Crippen molar-refractivity contribution in [2.24, 2.45) is 0 Å². The fourth-order valence-electron chi connectivity index (χ4n) is 1.93. The maximum Gasteiger partial charge on any atom is 0.196 e. The molecule has 1 heterocycles. The molecule has 2 aromatic carbocycles. The maximum absolute atomic E-state index is 13.6. The first-order valence-corrected chi connectivity index (χ1v) is 5.86. The third-order valence-corrected chi connectivity index (χ3v) is 2.91. The lowest BCUT2D eigenvalue weighted by Gasteiger charge is -2.04. The predicted octanol–water partition coefficient (Wildman–Crippen LogP) is 3.14. The Kier molecular flexibility index (Phi) is 2.95. The Balaban J connectivity index is 2.08. The lowest BCUT2D eigenvalue weighted by atomic mass is 10.0. The molecule has 0 amide bonds. The van der Waals surface area contributed by atoms with Gasteiger partial charge < -0.3 is 0 Å². The van der Waals surface area contributed by atoms with Gasteiger partial charge in [0, 0.05) is 24.0 Å². The van der Waals surface area contributed by atoms with Crippen LogP contribution >= 0.6 is 0 Å². The van der Waals surface area contributed by atoms with Crippen LogP contribution in [-0.2, 0) is 0 Å². The molecule has 0 unspecified atom stereocenters. The molecule has 1 aromatic heterocycles. The molecule has 0 N–H and O–H groups in total. The van der Waals surface area contributed by atoms with Crippen LogP contribution in [0.3, 0.4) is 0 Å². The number of fused-ring (bicyclic) bond motifs is 1. The number of ketones is 1. The van der Waals surface area contributed by atoms with Gasteiger partial charge in [-0.2, -0.15) is 0 Å². The predicted molar refractivity (Wildman–Crippen MR) is 69.3 cm³/mol. The average molecular weight is 270 g/mol. The summed E-state index contributed by atoms with van der Waals surface area (Å²) in [4.78, 5) is 20.4. The van der Waals surface area contributed by atoms with E-state index in [9.17, 15) is 13.6 Å². The van der Waals surface area contributed by atoms with E-state index < -0.39 is 17.4 Å². The molecule has 3 nitrogen and oxygen atoms in total. The number of nitrogens with zero attached hydrogens (tertiary/aromatic N) is 2. The number of hydrogen-bond acceptors (Lipinski definition) is 3. The summed E-state index contributed by atoms with van der Waals surface area (Å²) in [5, 5.41) is 0. The largest absolute Gasteiger partial charge is 0.288 e. The SMILES string of the molecule is O=C(c1ccc2nccnc2c1)c1ccc(F)cc1F. The summed E-state index contributed by atoms with van der Waals surface area (Å²) < 4.78 is 26.5. The highest BCUT2D eigenvalue weighted by Crippen LogP contribution is 2.17. The van der Waals surface area contributed by atoms with E-state index in [2.05, 4.69) is 9.97 Å². The summed E-state index contributed by atoms with van der Waals surface area (Å²) in [6.45, 7) is 0.